The number of carbonyl (C=O) groups is 2. The van der Waals surface area contributed by atoms with E-state index in [1.54, 1.807) is 6.26 Å². The molecule has 2 aliphatic heterocycles. The molecule has 4 aromatic rings. The molecule has 1 aromatic heterocycles. The zero-order valence-corrected chi connectivity index (χ0v) is 19.9. The Labute approximate surface area is 209 Å². The summed E-state index contributed by atoms with van der Waals surface area (Å²) in [5.41, 5.74) is 6.39. The number of benzene rings is 3. The van der Waals surface area contributed by atoms with Gasteiger partial charge in [0.05, 0.1) is 6.26 Å². The molecule has 3 aromatic carbocycles. The van der Waals surface area contributed by atoms with E-state index in [1.165, 1.54) is 22.3 Å². The number of hydrogen-bond acceptors (Lipinski definition) is 4. The van der Waals surface area contributed by atoms with Crippen molar-refractivity contribution >= 4 is 22.8 Å². The van der Waals surface area contributed by atoms with Crippen LogP contribution in [0.2, 0.25) is 0 Å². The van der Waals surface area contributed by atoms with Crippen molar-refractivity contribution < 1.29 is 18.7 Å². The lowest BCUT2D eigenvalue weighted by molar-refractivity contribution is 0.0506. The highest BCUT2D eigenvalue weighted by atomic mass is 16.6. The molecule has 3 heterocycles. The van der Waals surface area contributed by atoms with E-state index < -0.39 is 0 Å². The van der Waals surface area contributed by atoms with Crippen molar-refractivity contribution in [1.82, 2.24) is 4.90 Å². The van der Waals surface area contributed by atoms with Crippen LogP contribution in [0, 0.1) is 5.92 Å². The average molecular weight is 478 g/mol. The van der Waals surface area contributed by atoms with Crippen LogP contribution in [0.3, 0.4) is 0 Å². The van der Waals surface area contributed by atoms with Gasteiger partial charge in [0, 0.05) is 34.9 Å². The van der Waals surface area contributed by atoms with Crippen LogP contribution < -0.4 is 0 Å². The highest BCUT2D eigenvalue weighted by Gasteiger charge is 2.46. The van der Waals surface area contributed by atoms with Gasteiger partial charge in [-0.05, 0) is 72.2 Å². The molecule has 2 saturated heterocycles. The summed E-state index contributed by atoms with van der Waals surface area (Å²) >= 11 is 0. The fraction of sp³-hybridized carbons (Fsp3) is 0.290. The molecule has 0 saturated carbocycles. The molecule has 0 radical (unpaired) electrons. The lowest BCUT2D eigenvalue weighted by Gasteiger charge is -2.37. The van der Waals surface area contributed by atoms with Crippen LogP contribution in [-0.2, 0) is 4.74 Å². The molecule has 180 valence electrons. The second-order valence-corrected chi connectivity index (χ2v) is 10.3. The van der Waals surface area contributed by atoms with E-state index in [4.69, 9.17) is 9.15 Å². The Morgan fingerprint density at radius 1 is 0.861 bits per heavy atom. The van der Waals surface area contributed by atoms with Gasteiger partial charge in [0.2, 0.25) is 0 Å². The number of amides is 1. The first-order valence-electron chi connectivity index (χ1n) is 12.8. The van der Waals surface area contributed by atoms with E-state index >= 15 is 0 Å². The lowest BCUT2D eigenvalue weighted by Crippen LogP contribution is -2.48. The largest absolute Gasteiger partial charge is 0.464 e. The smallest absolute Gasteiger partial charge is 0.410 e. The summed E-state index contributed by atoms with van der Waals surface area (Å²) in [7, 11) is 0. The van der Waals surface area contributed by atoms with Crippen molar-refractivity contribution in [1.29, 1.82) is 0 Å². The van der Waals surface area contributed by atoms with Gasteiger partial charge >= 0.3 is 6.09 Å². The third-order valence-corrected chi connectivity index (χ3v) is 8.39. The number of fused-ring (bicyclic) bond motifs is 6. The number of piperidine rings is 1. The monoisotopic (exact) mass is 477 g/mol. The number of hydrogen-bond donors (Lipinski definition) is 0. The summed E-state index contributed by atoms with van der Waals surface area (Å²) in [4.78, 5) is 28.6. The van der Waals surface area contributed by atoms with E-state index in [2.05, 4.69) is 36.4 Å². The first-order valence-corrected chi connectivity index (χ1v) is 12.8. The highest BCUT2D eigenvalue weighted by molar-refractivity contribution is 6.01. The molecule has 2 fully saturated rings. The van der Waals surface area contributed by atoms with Crippen LogP contribution in [0.4, 0.5) is 4.79 Å². The zero-order chi connectivity index (χ0) is 24.2. The average Bonchev–Trinajstić information content (AvgIpc) is 3.59. The molecule has 0 N–H and O–H groups in total. The molecule has 0 spiro atoms. The van der Waals surface area contributed by atoms with E-state index in [9.17, 15) is 9.59 Å². The van der Waals surface area contributed by atoms with Gasteiger partial charge in [0.15, 0.2) is 5.78 Å². The molecule has 1 amide bonds. The standard InChI is InChI=1S/C31H27NO4/c33-30(20-9-12-29-19(15-20)13-14-35-29)21-16-22-10-11-23(17-21)32(22)31(34)36-18-28-26-7-3-1-5-24(26)25-6-2-4-8-27(25)28/h1-9,12-15,21-23,28H,10-11,16-18H2. The number of Topliss-reactive ketones (excluding diaryl/α,β-unsaturated/α-hetero) is 1. The van der Waals surface area contributed by atoms with Crippen molar-refractivity contribution in [2.75, 3.05) is 6.61 Å². The second kappa shape index (κ2) is 8.37. The third-order valence-electron chi connectivity index (χ3n) is 8.39. The molecule has 5 nitrogen and oxygen atoms in total. The Bertz CT molecular complexity index is 1430. The first-order chi connectivity index (χ1) is 17.7. The van der Waals surface area contributed by atoms with Crippen LogP contribution in [0.1, 0.15) is 53.1 Å². The second-order valence-electron chi connectivity index (χ2n) is 10.3. The molecule has 7 rings (SSSR count). The summed E-state index contributed by atoms with van der Waals surface area (Å²) < 4.78 is 11.4. The quantitative estimate of drug-likeness (QED) is 0.303. The highest BCUT2D eigenvalue weighted by Crippen LogP contribution is 2.45. The maximum absolute atomic E-state index is 13.3. The van der Waals surface area contributed by atoms with Crippen LogP contribution >= 0.6 is 0 Å². The Hall–Kier alpha value is -3.86. The van der Waals surface area contributed by atoms with Gasteiger partial charge in [-0.15, -0.1) is 0 Å². The summed E-state index contributed by atoms with van der Waals surface area (Å²) in [6, 6.07) is 24.4. The molecule has 2 unspecified atom stereocenters. The van der Waals surface area contributed by atoms with Gasteiger partial charge in [-0.2, -0.15) is 0 Å². The van der Waals surface area contributed by atoms with Crippen LogP contribution in [0.25, 0.3) is 22.1 Å². The van der Waals surface area contributed by atoms with E-state index in [-0.39, 0.29) is 35.8 Å². The molecule has 2 bridgehead atoms. The van der Waals surface area contributed by atoms with Crippen molar-refractivity contribution in [2.24, 2.45) is 5.92 Å². The fourth-order valence-electron chi connectivity index (χ4n) is 6.71. The van der Waals surface area contributed by atoms with Gasteiger partial charge in [-0.3, -0.25) is 4.79 Å². The molecule has 36 heavy (non-hydrogen) atoms. The molecule has 2 atom stereocenters. The summed E-state index contributed by atoms with van der Waals surface area (Å²) in [6.45, 7) is 0.329. The van der Waals surface area contributed by atoms with E-state index in [0.717, 1.165) is 29.4 Å². The minimum Gasteiger partial charge on any atom is -0.464 e. The predicted molar refractivity (Wildman–Crippen MR) is 137 cm³/mol. The summed E-state index contributed by atoms with van der Waals surface area (Å²) in [5.74, 6) is 0.155. The molecule has 3 aliphatic rings. The zero-order valence-electron chi connectivity index (χ0n) is 19.9. The number of furan rings is 1. The first kappa shape index (κ1) is 21.4. The van der Waals surface area contributed by atoms with Crippen LogP contribution in [0.15, 0.2) is 83.5 Å². The SMILES string of the molecule is O=C(c1ccc2occc2c1)C1CC2CCC(C1)N2C(=O)OCC1c2ccccc2-c2ccccc21. The van der Waals surface area contributed by atoms with E-state index in [1.807, 2.05) is 41.3 Å². The summed E-state index contributed by atoms with van der Waals surface area (Å²) in [5, 5.41) is 0.944. The van der Waals surface area contributed by atoms with Crippen molar-refractivity contribution in [3.8, 4) is 11.1 Å². The van der Waals surface area contributed by atoms with Crippen LogP contribution in [0.5, 0.6) is 0 Å². The topological polar surface area (TPSA) is 59.8 Å². The number of ether oxygens (including phenoxy) is 1. The van der Waals surface area contributed by atoms with Crippen molar-refractivity contribution in [3.63, 3.8) is 0 Å². The fourth-order valence-corrected chi connectivity index (χ4v) is 6.71. The normalized spacial score (nSPS) is 22.4. The Balaban J connectivity index is 1.05. The number of carbonyl (C=O) groups excluding carboxylic acids is 2. The van der Waals surface area contributed by atoms with Gasteiger partial charge in [-0.1, -0.05) is 48.5 Å². The summed E-state index contributed by atoms with van der Waals surface area (Å²) in [6.07, 6.45) is 4.66. The number of ketones is 1. The molecule has 5 heteroatoms. The molecule has 1 aliphatic carbocycles. The van der Waals surface area contributed by atoms with Gasteiger partial charge in [-0.25, -0.2) is 4.79 Å². The predicted octanol–water partition coefficient (Wildman–Crippen LogP) is 6.81. The molecular weight excluding hydrogens is 450 g/mol. The minimum absolute atomic E-state index is 0.0518. The third kappa shape index (κ3) is 3.37. The number of rotatable bonds is 4. The lowest BCUT2D eigenvalue weighted by atomic mass is 9.84. The Morgan fingerprint density at radius 2 is 1.53 bits per heavy atom. The van der Waals surface area contributed by atoms with Gasteiger partial charge < -0.3 is 14.1 Å². The Kier molecular flexibility index (Phi) is 4.98. The van der Waals surface area contributed by atoms with E-state index in [0.29, 0.717) is 19.4 Å². The minimum atomic E-state index is -0.241. The van der Waals surface area contributed by atoms with Crippen LogP contribution in [-0.4, -0.2) is 35.5 Å². The van der Waals surface area contributed by atoms with Crippen molar-refractivity contribution in [3.05, 3.63) is 95.7 Å². The molecular formula is C31H27NO4. The maximum Gasteiger partial charge on any atom is 0.410 e. The van der Waals surface area contributed by atoms with Crippen molar-refractivity contribution in [2.45, 2.75) is 43.7 Å². The Morgan fingerprint density at radius 3 is 2.22 bits per heavy atom. The maximum atomic E-state index is 13.3. The van der Waals surface area contributed by atoms with Gasteiger partial charge in [0.1, 0.15) is 12.2 Å². The number of nitrogens with zero attached hydrogens (tertiary/aromatic N) is 1. The van der Waals surface area contributed by atoms with Gasteiger partial charge in [0.25, 0.3) is 0 Å².